The van der Waals surface area contributed by atoms with Gasteiger partial charge in [0, 0.05) is 6.07 Å². The first-order valence-corrected chi connectivity index (χ1v) is 5.86. The van der Waals surface area contributed by atoms with Gasteiger partial charge in [0.05, 0.1) is 18.9 Å². The van der Waals surface area contributed by atoms with Crippen molar-refractivity contribution >= 4 is 0 Å². The molecule has 0 aromatic carbocycles. The Balaban J connectivity index is 2.61. The monoisotopic (exact) mass is 223 g/mol. The van der Waals surface area contributed by atoms with Crippen LogP contribution in [-0.4, -0.2) is 17.2 Å². The second-order valence-electron chi connectivity index (χ2n) is 4.25. The van der Waals surface area contributed by atoms with Crippen molar-refractivity contribution in [3.63, 3.8) is 0 Å². The Morgan fingerprint density at radius 1 is 1.44 bits per heavy atom. The molecule has 0 fully saturated rings. The summed E-state index contributed by atoms with van der Waals surface area (Å²) in [7, 11) is 1.58. The maximum atomic E-state index is 10.0. The fraction of sp³-hybridized carbons (Fsp3) is 0.615. The van der Waals surface area contributed by atoms with E-state index < -0.39 is 6.10 Å². The molecule has 3 nitrogen and oxygen atoms in total. The molecule has 0 amide bonds. The average molecular weight is 223 g/mol. The van der Waals surface area contributed by atoms with Crippen LogP contribution in [-0.2, 0) is 0 Å². The molecule has 16 heavy (non-hydrogen) atoms. The Bertz CT molecular complexity index is 315. The van der Waals surface area contributed by atoms with Crippen molar-refractivity contribution in [3.05, 3.63) is 23.9 Å². The van der Waals surface area contributed by atoms with E-state index in [1.54, 1.807) is 13.2 Å². The fourth-order valence-corrected chi connectivity index (χ4v) is 1.84. The first-order valence-electron chi connectivity index (χ1n) is 5.86. The minimum atomic E-state index is -0.489. The number of methoxy groups -OCH3 is 1. The molecule has 0 aliphatic rings. The molecule has 1 aromatic rings. The second-order valence-corrected chi connectivity index (χ2v) is 4.25. The number of ether oxygens (including phenoxy) is 1. The number of aromatic nitrogens is 1. The molecular formula is C13H21NO2. The fourth-order valence-electron chi connectivity index (χ4n) is 1.84. The van der Waals surface area contributed by atoms with Gasteiger partial charge in [-0.3, -0.25) is 0 Å². The number of rotatable bonds is 6. The number of hydrogen-bond acceptors (Lipinski definition) is 3. The summed E-state index contributed by atoms with van der Waals surface area (Å²) >= 11 is 0. The van der Waals surface area contributed by atoms with E-state index in [1.807, 2.05) is 12.1 Å². The van der Waals surface area contributed by atoms with Crippen molar-refractivity contribution < 1.29 is 9.84 Å². The first kappa shape index (κ1) is 13.0. The Hall–Kier alpha value is -1.09. The van der Waals surface area contributed by atoms with Crippen LogP contribution in [0.5, 0.6) is 5.88 Å². The number of pyridine rings is 1. The SMILES string of the molecule is CCCC(C)CC(O)c1cccc(OC)n1. The molecule has 0 aliphatic heterocycles. The molecule has 1 heterocycles. The van der Waals surface area contributed by atoms with Gasteiger partial charge in [-0.1, -0.05) is 32.8 Å². The van der Waals surface area contributed by atoms with Crippen LogP contribution in [0, 0.1) is 5.92 Å². The summed E-state index contributed by atoms with van der Waals surface area (Å²) in [5, 5.41) is 10.0. The molecule has 0 spiro atoms. The van der Waals surface area contributed by atoms with Gasteiger partial charge in [0.25, 0.3) is 0 Å². The number of nitrogens with zero attached hydrogens (tertiary/aromatic N) is 1. The lowest BCUT2D eigenvalue weighted by molar-refractivity contribution is 0.140. The van der Waals surface area contributed by atoms with E-state index in [0.29, 0.717) is 17.5 Å². The lowest BCUT2D eigenvalue weighted by Gasteiger charge is -2.15. The summed E-state index contributed by atoms with van der Waals surface area (Å²) in [5.41, 5.74) is 0.697. The largest absolute Gasteiger partial charge is 0.481 e. The number of aliphatic hydroxyl groups excluding tert-OH is 1. The summed E-state index contributed by atoms with van der Waals surface area (Å²) < 4.78 is 5.04. The Morgan fingerprint density at radius 3 is 2.81 bits per heavy atom. The van der Waals surface area contributed by atoms with Gasteiger partial charge in [-0.25, -0.2) is 4.98 Å². The Labute approximate surface area is 97.5 Å². The molecule has 0 aliphatic carbocycles. The van der Waals surface area contributed by atoms with Crippen molar-refractivity contribution in [1.82, 2.24) is 4.98 Å². The van der Waals surface area contributed by atoms with E-state index in [0.717, 1.165) is 19.3 Å². The summed E-state index contributed by atoms with van der Waals surface area (Å²) in [4.78, 5) is 4.23. The van der Waals surface area contributed by atoms with Crippen LogP contribution < -0.4 is 4.74 Å². The number of aliphatic hydroxyl groups is 1. The van der Waals surface area contributed by atoms with E-state index in [1.165, 1.54) is 0 Å². The van der Waals surface area contributed by atoms with Crippen molar-refractivity contribution in [2.75, 3.05) is 7.11 Å². The molecule has 0 bridgehead atoms. The molecule has 2 atom stereocenters. The third-order valence-corrected chi connectivity index (χ3v) is 2.70. The van der Waals surface area contributed by atoms with Crippen LogP contribution in [0.15, 0.2) is 18.2 Å². The molecule has 1 N–H and O–H groups in total. The summed E-state index contributed by atoms with van der Waals surface area (Å²) in [6.45, 7) is 4.32. The van der Waals surface area contributed by atoms with Crippen LogP contribution in [0.25, 0.3) is 0 Å². The molecule has 1 rings (SSSR count). The first-order chi connectivity index (χ1) is 7.67. The van der Waals surface area contributed by atoms with Gasteiger partial charge in [-0.2, -0.15) is 0 Å². The van der Waals surface area contributed by atoms with Crippen LogP contribution >= 0.6 is 0 Å². The molecule has 0 radical (unpaired) electrons. The van der Waals surface area contributed by atoms with Crippen LogP contribution in [0.4, 0.5) is 0 Å². The van der Waals surface area contributed by atoms with Gasteiger partial charge in [-0.15, -0.1) is 0 Å². The van der Waals surface area contributed by atoms with Crippen LogP contribution in [0.3, 0.4) is 0 Å². The highest BCUT2D eigenvalue weighted by molar-refractivity contribution is 5.17. The van der Waals surface area contributed by atoms with Crippen molar-refractivity contribution in [2.24, 2.45) is 5.92 Å². The topological polar surface area (TPSA) is 42.4 Å². The molecule has 0 saturated carbocycles. The van der Waals surface area contributed by atoms with E-state index in [2.05, 4.69) is 18.8 Å². The third-order valence-electron chi connectivity index (χ3n) is 2.70. The highest BCUT2D eigenvalue weighted by Gasteiger charge is 2.13. The van der Waals surface area contributed by atoms with Gasteiger partial charge in [0.15, 0.2) is 0 Å². The second kappa shape index (κ2) is 6.48. The van der Waals surface area contributed by atoms with E-state index in [9.17, 15) is 5.11 Å². The molecular weight excluding hydrogens is 202 g/mol. The normalized spacial score (nSPS) is 14.5. The molecule has 3 heteroatoms. The molecule has 0 saturated heterocycles. The van der Waals surface area contributed by atoms with Crippen molar-refractivity contribution in [1.29, 1.82) is 0 Å². The lowest BCUT2D eigenvalue weighted by atomic mass is 9.97. The maximum Gasteiger partial charge on any atom is 0.213 e. The lowest BCUT2D eigenvalue weighted by Crippen LogP contribution is -2.06. The summed E-state index contributed by atoms with van der Waals surface area (Å²) in [6, 6.07) is 5.48. The van der Waals surface area contributed by atoms with E-state index >= 15 is 0 Å². The predicted octanol–water partition coefficient (Wildman–Crippen LogP) is 2.95. The minimum absolute atomic E-state index is 0.489. The highest BCUT2D eigenvalue weighted by atomic mass is 16.5. The molecule has 1 aromatic heterocycles. The van der Waals surface area contributed by atoms with Gasteiger partial charge in [0.2, 0.25) is 5.88 Å². The number of hydrogen-bond donors (Lipinski definition) is 1. The van der Waals surface area contributed by atoms with Gasteiger partial charge >= 0.3 is 0 Å². The van der Waals surface area contributed by atoms with E-state index in [4.69, 9.17) is 4.74 Å². The maximum absolute atomic E-state index is 10.0. The zero-order valence-corrected chi connectivity index (χ0v) is 10.3. The standard InChI is InChI=1S/C13H21NO2/c1-4-6-10(2)9-12(15)11-7-5-8-13(14-11)16-3/h5,7-8,10,12,15H,4,6,9H2,1-3H3. The molecule has 90 valence electrons. The van der Waals surface area contributed by atoms with E-state index in [-0.39, 0.29) is 0 Å². The summed E-state index contributed by atoms with van der Waals surface area (Å²) in [5.74, 6) is 1.08. The Morgan fingerprint density at radius 2 is 2.19 bits per heavy atom. The van der Waals surface area contributed by atoms with Crippen molar-refractivity contribution in [3.8, 4) is 5.88 Å². The van der Waals surface area contributed by atoms with Crippen LogP contribution in [0.1, 0.15) is 44.9 Å². The zero-order valence-electron chi connectivity index (χ0n) is 10.3. The van der Waals surface area contributed by atoms with Gasteiger partial charge < -0.3 is 9.84 Å². The zero-order chi connectivity index (χ0) is 12.0. The van der Waals surface area contributed by atoms with Crippen LogP contribution in [0.2, 0.25) is 0 Å². The quantitative estimate of drug-likeness (QED) is 0.806. The molecule has 2 unspecified atom stereocenters. The van der Waals surface area contributed by atoms with Crippen molar-refractivity contribution in [2.45, 2.75) is 39.2 Å². The highest BCUT2D eigenvalue weighted by Crippen LogP contribution is 2.23. The Kier molecular flexibility index (Phi) is 5.26. The van der Waals surface area contributed by atoms with Gasteiger partial charge in [-0.05, 0) is 18.4 Å². The smallest absolute Gasteiger partial charge is 0.213 e. The predicted molar refractivity (Wildman–Crippen MR) is 64.4 cm³/mol. The van der Waals surface area contributed by atoms with Gasteiger partial charge in [0.1, 0.15) is 0 Å². The third kappa shape index (κ3) is 3.81. The summed E-state index contributed by atoms with van der Waals surface area (Å²) in [6.07, 6.45) is 2.56. The average Bonchev–Trinajstić information content (AvgIpc) is 2.29. The minimum Gasteiger partial charge on any atom is -0.481 e.